The Morgan fingerprint density at radius 3 is 2.15 bits per heavy atom. The predicted octanol–water partition coefficient (Wildman–Crippen LogP) is 6.18. The molecule has 0 radical (unpaired) electrons. The van der Waals surface area contributed by atoms with E-state index in [0.29, 0.717) is 39.2 Å². The van der Waals surface area contributed by atoms with Gasteiger partial charge in [0.25, 0.3) is 11.8 Å². The number of anilines is 2. The second-order valence-corrected chi connectivity index (χ2v) is 8.69. The second kappa shape index (κ2) is 9.12. The summed E-state index contributed by atoms with van der Waals surface area (Å²) in [6, 6.07) is 20.2. The van der Waals surface area contributed by atoms with Crippen LogP contribution in [0.15, 0.2) is 72.4 Å². The highest BCUT2D eigenvalue weighted by atomic mass is 35.5. The summed E-state index contributed by atoms with van der Waals surface area (Å²) in [6.07, 6.45) is 0. The fraction of sp³-hybridized carbons (Fsp3) is 0.185. The zero-order valence-electron chi connectivity index (χ0n) is 19.0. The molecule has 3 aromatic carbocycles. The monoisotopic (exact) mass is 460 g/mol. The lowest BCUT2D eigenvalue weighted by Gasteiger charge is -2.16. The average Bonchev–Trinajstić information content (AvgIpc) is 3.04. The van der Waals surface area contributed by atoms with Crippen molar-refractivity contribution in [2.45, 2.75) is 26.7 Å². The minimum Gasteiger partial charge on any atom is -0.495 e. The summed E-state index contributed by atoms with van der Waals surface area (Å²) in [5.74, 6) is 0.0843. The van der Waals surface area contributed by atoms with E-state index in [1.54, 1.807) is 18.2 Å². The number of imide groups is 1. The van der Waals surface area contributed by atoms with Gasteiger partial charge in [-0.1, -0.05) is 67.4 Å². The van der Waals surface area contributed by atoms with Crippen molar-refractivity contribution < 1.29 is 14.3 Å². The van der Waals surface area contributed by atoms with Crippen LogP contribution in [-0.2, 0) is 9.59 Å². The highest BCUT2D eigenvalue weighted by Gasteiger charge is 2.40. The fourth-order valence-corrected chi connectivity index (χ4v) is 4.02. The van der Waals surface area contributed by atoms with Gasteiger partial charge in [0, 0.05) is 5.69 Å². The van der Waals surface area contributed by atoms with E-state index in [-0.39, 0.29) is 11.6 Å². The van der Waals surface area contributed by atoms with Crippen LogP contribution in [0, 0.1) is 6.92 Å². The number of nitrogens with zero attached hydrogens (tertiary/aromatic N) is 1. The van der Waals surface area contributed by atoms with Crippen LogP contribution in [0.5, 0.6) is 5.75 Å². The van der Waals surface area contributed by atoms with Crippen LogP contribution >= 0.6 is 11.6 Å². The van der Waals surface area contributed by atoms with Gasteiger partial charge < -0.3 is 10.1 Å². The van der Waals surface area contributed by atoms with Gasteiger partial charge in [0.15, 0.2) is 0 Å². The molecule has 1 aliphatic rings. The van der Waals surface area contributed by atoms with Gasteiger partial charge in [0.2, 0.25) is 0 Å². The third-order valence-corrected chi connectivity index (χ3v) is 5.96. The predicted molar refractivity (Wildman–Crippen MR) is 133 cm³/mol. The molecular weight excluding hydrogens is 436 g/mol. The number of benzene rings is 3. The van der Waals surface area contributed by atoms with E-state index >= 15 is 0 Å². The standard InChI is InChI=1S/C27H25ClN2O3/c1-16(2)18-9-12-21(13-10-18)30-26(31)24(19-7-5-17(3)6-8-19)25(27(30)32)29-20-11-14-23(33-4)22(28)15-20/h5-16,29H,1-4H3. The van der Waals surface area contributed by atoms with Crippen molar-refractivity contribution in [1.82, 2.24) is 0 Å². The number of rotatable bonds is 6. The number of nitrogens with one attached hydrogen (secondary N) is 1. The summed E-state index contributed by atoms with van der Waals surface area (Å²) in [5.41, 5.74) is 4.51. The molecule has 0 fully saturated rings. The quantitative estimate of drug-likeness (QED) is 0.446. The van der Waals surface area contributed by atoms with Crippen molar-refractivity contribution >= 4 is 40.4 Å². The van der Waals surface area contributed by atoms with E-state index in [1.807, 2.05) is 55.5 Å². The fourth-order valence-electron chi connectivity index (χ4n) is 3.76. The maximum Gasteiger partial charge on any atom is 0.282 e. The number of aryl methyl sites for hydroxylation is 1. The van der Waals surface area contributed by atoms with Crippen molar-refractivity contribution in [3.63, 3.8) is 0 Å². The Morgan fingerprint density at radius 1 is 0.909 bits per heavy atom. The summed E-state index contributed by atoms with van der Waals surface area (Å²) in [6.45, 7) is 6.17. The van der Waals surface area contributed by atoms with Gasteiger partial charge >= 0.3 is 0 Å². The lowest BCUT2D eigenvalue weighted by atomic mass is 10.0. The first-order valence-corrected chi connectivity index (χ1v) is 11.1. The number of carbonyl (C=O) groups is 2. The molecule has 0 saturated carbocycles. The van der Waals surface area contributed by atoms with Crippen molar-refractivity contribution in [2.24, 2.45) is 0 Å². The number of hydrogen-bond donors (Lipinski definition) is 1. The Balaban J connectivity index is 1.77. The molecular formula is C27H25ClN2O3. The molecule has 0 atom stereocenters. The second-order valence-electron chi connectivity index (χ2n) is 8.28. The molecule has 0 saturated heterocycles. The van der Waals surface area contributed by atoms with Crippen molar-refractivity contribution in [3.8, 4) is 5.75 Å². The van der Waals surface area contributed by atoms with Gasteiger partial charge in [-0.3, -0.25) is 9.59 Å². The van der Waals surface area contributed by atoms with E-state index < -0.39 is 5.91 Å². The summed E-state index contributed by atoms with van der Waals surface area (Å²) >= 11 is 6.27. The molecule has 3 aromatic rings. The van der Waals surface area contributed by atoms with Gasteiger partial charge in [-0.2, -0.15) is 0 Å². The topological polar surface area (TPSA) is 58.6 Å². The molecule has 5 nitrogen and oxygen atoms in total. The molecule has 1 N–H and O–H groups in total. The summed E-state index contributed by atoms with van der Waals surface area (Å²) < 4.78 is 5.21. The first-order chi connectivity index (χ1) is 15.8. The number of methoxy groups -OCH3 is 1. The first-order valence-electron chi connectivity index (χ1n) is 10.7. The Bertz CT molecular complexity index is 1250. The van der Waals surface area contributed by atoms with E-state index in [2.05, 4.69) is 19.2 Å². The molecule has 6 heteroatoms. The Morgan fingerprint density at radius 2 is 1.58 bits per heavy atom. The molecule has 33 heavy (non-hydrogen) atoms. The Hall–Kier alpha value is -3.57. The van der Waals surface area contributed by atoms with Crippen LogP contribution in [0.2, 0.25) is 5.02 Å². The summed E-state index contributed by atoms with van der Waals surface area (Å²) in [4.78, 5) is 28.3. The lowest BCUT2D eigenvalue weighted by Crippen LogP contribution is -2.32. The molecule has 0 aromatic heterocycles. The average molecular weight is 461 g/mol. The minimum absolute atomic E-state index is 0.207. The number of carbonyl (C=O) groups excluding carboxylic acids is 2. The molecule has 1 heterocycles. The van der Waals surface area contributed by atoms with Crippen LogP contribution in [0.1, 0.15) is 36.5 Å². The molecule has 1 aliphatic heterocycles. The molecule has 0 bridgehead atoms. The third-order valence-electron chi connectivity index (χ3n) is 5.66. The number of amides is 2. The van der Waals surface area contributed by atoms with E-state index in [9.17, 15) is 9.59 Å². The van der Waals surface area contributed by atoms with Gasteiger partial charge in [-0.25, -0.2) is 4.90 Å². The maximum atomic E-state index is 13.5. The summed E-state index contributed by atoms with van der Waals surface area (Å²) in [5, 5.41) is 3.53. The van der Waals surface area contributed by atoms with E-state index in [0.717, 1.165) is 11.1 Å². The Labute approximate surface area is 198 Å². The van der Waals surface area contributed by atoms with Gasteiger partial charge in [-0.15, -0.1) is 0 Å². The maximum absolute atomic E-state index is 13.5. The number of ether oxygens (including phenoxy) is 1. The zero-order valence-corrected chi connectivity index (χ0v) is 19.7. The normalized spacial score (nSPS) is 13.8. The number of halogens is 1. The largest absolute Gasteiger partial charge is 0.495 e. The smallest absolute Gasteiger partial charge is 0.282 e. The molecule has 168 valence electrons. The van der Waals surface area contributed by atoms with Crippen molar-refractivity contribution in [2.75, 3.05) is 17.3 Å². The third kappa shape index (κ3) is 4.37. The summed E-state index contributed by atoms with van der Waals surface area (Å²) in [7, 11) is 1.54. The van der Waals surface area contributed by atoms with Crippen molar-refractivity contribution in [1.29, 1.82) is 0 Å². The molecule has 0 spiro atoms. The van der Waals surface area contributed by atoms with Crippen LogP contribution in [-0.4, -0.2) is 18.9 Å². The Kier molecular flexibility index (Phi) is 6.25. The van der Waals surface area contributed by atoms with Crippen LogP contribution < -0.4 is 15.0 Å². The zero-order chi connectivity index (χ0) is 23.7. The minimum atomic E-state index is -0.417. The van der Waals surface area contributed by atoms with E-state index in [4.69, 9.17) is 16.3 Å². The molecule has 0 aliphatic carbocycles. The highest BCUT2D eigenvalue weighted by Crippen LogP contribution is 2.35. The lowest BCUT2D eigenvalue weighted by molar-refractivity contribution is -0.120. The highest BCUT2D eigenvalue weighted by molar-refractivity contribution is 6.46. The SMILES string of the molecule is COc1ccc(NC2=C(c3ccc(C)cc3)C(=O)N(c3ccc(C(C)C)cc3)C2=O)cc1Cl. The van der Waals surface area contributed by atoms with Crippen LogP contribution in [0.3, 0.4) is 0 Å². The van der Waals surface area contributed by atoms with Crippen molar-refractivity contribution in [3.05, 3.63) is 94.1 Å². The van der Waals surface area contributed by atoms with Crippen LogP contribution in [0.4, 0.5) is 11.4 Å². The van der Waals surface area contributed by atoms with E-state index in [1.165, 1.54) is 12.0 Å². The van der Waals surface area contributed by atoms with Gasteiger partial charge in [0.05, 0.1) is 23.4 Å². The van der Waals surface area contributed by atoms with Gasteiger partial charge in [-0.05, 0) is 54.3 Å². The van der Waals surface area contributed by atoms with Gasteiger partial charge in [0.1, 0.15) is 11.4 Å². The molecule has 0 unspecified atom stereocenters. The first kappa shape index (κ1) is 22.6. The van der Waals surface area contributed by atoms with Crippen LogP contribution in [0.25, 0.3) is 5.57 Å². The molecule has 2 amide bonds. The molecule has 4 rings (SSSR count). The number of hydrogen-bond acceptors (Lipinski definition) is 4.